The quantitative estimate of drug-likeness (QED) is 0.632. The molecule has 2 aromatic rings. The Morgan fingerprint density at radius 3 is 2.85 bits per heavy atom. The van der Waals surface area contributed by atoms with E-state index in [9.17, 15) is 14.9 Å². The zero-order valence-corrected chi connectivity index (χ0v) is 10.8. The molecule has 0 saturated heterocycles. The number of nitrogens with one attached hydrogen (secondary N) is 1. The Labute approximate surface area is 113 Å². The lowest BCUT2D eigenvalue weighted by molar-refractivity contribution is -0.385. The first-order valence-electron chi connectivity index (χ1n) is 5.61. The van der Waals surface area contributed by atoms with Gasteiger partial charge in [0.25, 0.3) is 5.91 Å². The first kappa shape index (κ1) is 13.5. The summed E-state index contributed by atoms with van der Waals surface area (Å²) < 4.78 is 1.16. The monoisotopic (exact) mass is 276 g/mol. The first-order chi connectivity index (χ1) is 9.41. The van der Waals surface area contributed by atoms with Gasteiger partial charge in [0.15, 0.2) is 0 Å². The van der Waals surface area contributed by atoms with Gasteiger partial charge in [0.2, 0.25) is 5.69 Å². The first-order valence-corrected chi connectivity index (χ1v) is 5.61. The summed E-state index contributed by atoms with van der Waals surface area (Å²) >= 11 is 0. The van der Waals surface area contributed by atoms with Gasteiger partial charge in [-0.05, 0) is 19.1 Å². The van der Waals surface area contributed by atoms with Crippen LogP contribution in [0.3, 0.4) is 0 Å². The van der Waals surface area contributed by atoms with Crippen molar-refractivity contribution in [3.8, 4) is 0 Å². The number of pyridine rings is 1. The number of nitrogens with zero attached hydrogens (tertiary/aromatic N) is 4. The fourth-order valence-corrected chi connectivity index (χ4v) is 1.82. The second kappa shape index (κ2) is 4.96. The number of hydrogen-bond acceptors (Lipinski definition) is 6. The van der Waals surface area contributed by atoms with Crippen LogP contribution in [0, 0.1) is 17.0 Å². The lowest BCUT2D eigenvalue weighted by Crippen LogP contribution is -2.18. The van der Waals surface area contributed by atoms with E-state index in [1.165, 1.54) is 20.2 Å². The number of carbonyl (C=O) groups excluding carboxylic acids is 1. The number of rotatable bonds is 3. The molecule has 0 aliphatic rings. The van der Waals surface area contributed by atoms with E-state index >= 15 is 0 Å². The maximum absolute atomic E-state index is 12.2. The molecule has 0 saturated carbocycles. The van der Waals surface area contributed by atoms with Gasteiger partial charge in [-0.1, -0.05) is 0 Å². The smallest absolute Gasteiger partial charge is 0.322 e. The number of carbonyl (C=O) groups is 1. The Hall–Kier alpha value is -2.97. The molecule has 0 atom stereocenters. The van der Waals surface area contributed by atoms with E-state index in [-0.39, 0.29) is 28.6 Å². The molecular weight excluding hydrogens is 264 g/mol. The van der Waals surface area contributed by atoms with Gasteiger partial charge in [0.05, 0.1) is 10.6 Å². The molecule has 0 fully saturated rings. The minimum absolute atomic E-state index is 0.127. The number of amides is 1. The molecule has 0 radical (unpaired) electrons. The summed E-state index contributed by atoms with van der Waals surface area (Å²) in [7, 11) is 1.46. The van der Waals surface area contributed by atoms with Crippen molar-refractivity contribution < 1.29 is 9.72 Å². The van der Waals surface area contributed by atoms with Gasteiger partial charge in [0.1, 0.15) is 11.5 Å². The third-order valence-electron chi connectivity index (χ3n) is 2.67. The summed E-state index contributed by atoms with van der Waals surface area (Å²) in [6.07, 6.45) is 1.47. The van der Waals surface area contributed by atoms with E-state index < -0.39 is 10.8 Å². The molecule has 2 aromatic heterocycles. The van der Waals surface area contributed by atoms with Crippen LogP contribution in [0.25, 0.3) is 0 Å². The zero-order valence-electron chi connectivity index (χ0n) is 10.8. The maximum atomic E-state index is 12.2. The lowest BCUT2D eigenvalue weighted by atomic mass is 10.2. The van der Waals surface area contributed by atoms with Gasteiger partial charge in [0, 0.05) is 13.2 Å². The normalized spacial score (nSPS) is 10.3. The van der Waals surface area contributed by atoms with Crippen LogP contribution in [0.5, 0.6) is 0 Å². The maximum Gasteiger partial charge on any atom is 0.322 e. The highest BCUT2D eigenvalue weighted by molar-refractivity contribution is 6.07. The molecule has 9 heteroatoms. The SMILES string of the molecule is Cc1nn(C)c(C(=O)Nc2cccnc2N)c1[N+](=O)[O-]. The zero-order chi connectivity index (χ0) is 14.9. The number of nitrogen functional groups attached to an aromatic ring is 1. The van der Waals surface area contributed by atoms with Crippen molar-refractivity contribution in [2.45, 2.75) is 6.92 Å². The van der Waals surface area contributed by atoms with E-state index in [1.54, 1.807) is 12.1 Å². The van der Waals surface area contributed by atoms with Crippen molar-refractivity contribution in [2.24, 2.45) is 7.05 Å². The highest BCUT2D eigenvalue weighted by Gasteiger charge is 2.29. The Balaban J connectivity index is 2.40. The molecule has 0 spiro atoms. The van der Waals surface area contributed by atoms with Crippen LogP contribution in [-0.2, 0) is 7.05 Å². The fourth-order valence-electron chi connectivity index (χ4n) is 1.82. The van der Waals surface area contributed by atoms with Crippen LogP contribution in [0.4, 0.5) is 17.2 Å². The van der Waals surface area contributed by atoms with Crippen LogP contribution < -0.4 is 11.1 Å². The number of aromatic nitrogens is 3. The molecule has 1 amide bonds. The predicted molar refractivity (Wildman–Crippen MR) is 71.2 cm³/mol. The van der Waals surface area contributed by atoms with Crippen molar-refractivity contribution in [3.05, 3.63) is 39.8 Å². The van der Waals surface area contributed by atoms with E-state index in [0.29, 0.717) is 0 Å². The van der Waals surface area contributed by atoms with Gasteiger partial charge in [-0.3, -0.25) is 19.6 Å². The molecule has 104 valence electrons. The van der Waals surface area contributed by atoms with Crippen molar-refractivity contribution >= 4 is 23.1 Å². The Kier molecular flexibility index (Phi) is 3.34. The van der Waals surface area contributed by atoms with E-state index in [2.05, 4.69) is 15.4 Å². The summed E-state index contributed by atoms with van der Waals surface area (Å²) in [6.45, 7) is 1.47. The number of nitro groups is 1. The van der Waals surface area contributed by atoms with Gasteiger partial charge < -0.3 is 11.1 Å². The molecule has 0 bridgehead atoms. The van der Waals surface area contributed by atoms with Gasteiger partial charge in [-0.15, -0.1) is 0 Å². The van der Waals surface area contributed by atoms with Crippen LogP contribution in [0.1, 0.15) is 16.2 Å². The van der Waals surface area contributed by atoms with Crippen LogP contribution in [0.2, 0.25) is 0 Å². The molecule has 2 rings (SSSR count). The molecule has 2 heterocycles. The summed E-state index contributed by atoms with van der Waals surface area (Å²) in [5, 5.41) is 17.4. The van der Waals surface area contributed by atoms with Crippen molar-refractivity contribution in [2.75, 3.05) is 11.1 Å². The van der Waals surface area contributed by atoms with Crippen LogP contribution >= 0.6 is 0 Å². The third kappa shape index (κ3) is 2.28. The van der Waals surface area contributed by atoms with Gasteiger partial charge in [-0.25, -0.2) is 4.98 Å². The summed E-state index contributed by atoms with van der Waals surface area (Å²) in [6, 6.07) is 3.14. The molecule has 0 aliphatic heterocycles. The molecule has 20 heavy (non-hydrogen) atoms. The standard InChI is InChI=1S/C11H12N6O3/c1-6-8(17(19)20)9(16(2)15-6)11(18)14-7-4-3-5-13-10(7)12/h3-5H,1-2H3,(H2,12,13)(H,14,18). The lowest BCUT2D eigenvalue weighted by Gasteiger charge is -2.06. The predicted octanol–water partition coefficient (Wildman–Crippen LogP) is 0.866. The van der Waals surface area contributed by atoms with Crippen LogP contribution in [-0.4, -0.2) is 25.6 Å². The Bertz CT molecular complexity index is 693. The average molecular weight is 276 g/mol. The molecule has 0 unspecified atom stereocenters. The summed E-state index contributed by atoms with van der Waals surface area (Å²) in [5.41, 5.74) is 5.59. The van der Waals surface area contributed by atoms with Gasteiger partial charge in [-0.2, -0.15) is 5.10 Å². The van der Waals surface area contributed by atoms with E-state index in [4.69, 9.17) is 5.73 Å². The average Bonchev–Trinajstić information content (AvgIpc) is 2.67. The molecule has 9 nitrogen and oxygen atoms in total. The van der Waals surface area contributed by atoms with E-state index in [0.717, 1.165) is 4.68 Å². The number of nitrogens with two attached hydrogens (primary N) is 1. The summed E-state index contributed by atoms with van der Waals surface area (Å²) in [5.74, 6) is -0.540. The highest BCUT2D eigenvalue weighted by Crippen LogP contribution is 2.24. The minimum Gasteiger partial charge on any atom is -0.382 e. The van der Waals surface area contributed by atoms with E-state index in [1.807, 2.05) is 0 Å². The molecule has 0 aromatic carbocycles. The summed E-state index contributed by atoms with van der Waals surface area (Å²) in [4.78, 5) is 26.4. The third-order valence-corrected chi connectivity index (χ3v) is 2.67. The second-order valence-electron chi connectivity index (χ2n) is 4.05. The molecule has 3 N–H and O–H groups in total. The van der Waals surface area contributed by atoms with Crippen molar-refractivity contribution in [1.29, 1.82) is 0 Å². The Morgan fingerprint density at radius 1 is 1.55 bits per heavy atom. The van der Waals surface area contributed by atoms with Crippen molar-refractivity contribution in [3.63, 3.8) is 0 Å². The fraction of sp³-hybridized carbons (Fsp3) is 0.182. The molecular formula is C11H12N6O3. The largest absolute Gasteiger partial charge is 0.382 e. The number of hydrogen-bond donors (Lipinski definition) is 2. The van der Waals surface area contributed by atoms with Crippen LogP contribution in [0.15, 0.2) is 18.3 Å². The Morgan fingerprint density at radius 2 is 2.25 bits per heavy atom. The minimum atomic E-state index is -0.667. The number of aryl methyl sites for hydroxylation is 2. The highest BCUT2D eigenvalue weighted by atomic mass is 16.6. The van der Waals surface area contributed by atoms with Gasteiger partial charge >= 0.3 is 5.69 Å². The topological polar surface area (TPSA) is 129 Å². The number of anilines is 2. The molecule has 0 aliphatic carbocycles. The second-order valence-corrected chi connectivity index (χ2v) is 4.05. The van der Waals surface area contributed by atoms with Crippen molar-refractivity contribution in [1.82, 2.24) is 14.8 Å².